The van der Waals surface area contributed by atoms with Crippen molar-refractivity contribution < 1.29 is 9.53 Å². The molecule has 0 saturated carbocycles. The van der Waals surface area contributed by atoms with Gasteiger partial charge in [0.15, 0.2) is 7.98 Å². The summed E-state index contributed by atoms with van der Waals surface area (Å²) in [5.41, 5.74) is -0.387. The van der Waals surface area contributed by atoms with Crippen molar-refractivity contribution in [3.8, 4) is 0 Å². The van der Waals surface area contributed by atoms with E-state index in [1.165, 1.54) is 0 Å². The van der Waals surface area contributed by atoms with Gasteiger partial charge in [0.05, 0.1) is 6.04 Å². The molecule has 0 fully saturated rings. The molecule has 0 saturated heterocycles. The zero-order valence-electron chi connectivity index (χ0n) is 7.89. The van der Waals surface area contributed by atoms with E-state index >= 15 is 0 Å². The third-order valence-corrected chi connectivity index (χ3v) is 1.19. The van der Waals surface area contributed by atoms with Gasteiger partial charge >= 0.3 is 5.97 Å². The molecule has 0 aliphatic rings. The van der Waals surface area contributed by atoms with Crippen molar-refractivity contribution in [3.63, 3.8) is 0 Å². The van der Waals surface area contributed by atoms with Crippen molar-refractivity contribution in [3.05, 3.63) is 0 Å². The minimum absolute atomic E-state index is 0.208. The van der Waals surface area contributed by atoms with Crippen LogP contribution in [0.4, 0.5) is 0 Å². The van der Waals surface area contributed by atoms with Crippen LogP contribution >= 0.6 is 0 Å². The minimum Gasteiger partial charge on any atom is -0.459 e. The van der Waals surface area contributed by atoms with Gasteiger partial charge in [-0.2, -0.15) is 0 Å². The molecule has 1 atom stereocenters. The fourth-order valence-electron chi connectivity index (χ4n) is 0.508. The van der Waals surface area contributed by atoms with Crippen LogP contribution in [0, 0.1) is 0 Å². The third-order valence-electron chi connectivity index (χ3n) is 1.19. The summed E-state index contributed by atoms with van der Waals surface area (Å²) >= 11 is 0. The predicted molar refractivity (Wildman–Crippen MR) is 47.0 cm³/mol. The van der Waals surface area contributed by atoms with Crippen LogP contribution in [0.1, 0.15) is 27.7 Å². The smallest absolute Gasteiger partial charge is 0.322 e. The Kier molecular flexibility index (Phi) is 3.59. The molecular formula is C7H16BNO2. The van der Waals surface area contributed by atoms with Gasteiger partial charge in [0.25, 0.3) is 0 Å². The third kappa shape index (κ3) is 4.84. The summed E-state index contributed by atoms with van der Waals surface area (Å²) in [5, 5.41) is 2.81. The zero-order valence-corrected chi connectivity index (χ0v) is 7.89. The second-order valence-corrected chi connectivity index (χ2v) is 3.54. The number of esters is 1. The summed E-state index contributed by atoms with van der Waals surface area (Å²) in [6.45, 7) is 7.34. The van der Waals surface area contributed by atoms with E-state index in [0.29, 0.717) is 0 Å². The highest BCUT2D eigenvalue weighted by Gasteiger charge is 2.19. The van der Waals surface area contributed by atoms with Crippen LogP contribution in [0.5, 0.6) is 0 Å². The van der Waals surface area contributed by atoms with Gasteiger partial charge in [-0.3, -0.25) is 4.79 Å². The quantitative estimate of drug-likeness (QED) is 0.447. The van der Waals surface area contributed by atoms with Gasteiger partial charge in [0.2, 0.25) is 0 Å². The Bertz CT molecular complexity index is 142. The molecule has 0 rings (SSSR count). The van der Waals surface area contributed by atoms with Crippen LogP contribution in [0.25, 0.3) is 0 Å². The van der Waals surface area contributed by atoms with Crippen molar-refractivity contribution in [2.75, 3.05) is 0 Å². The Hall–Kier alpha value is -0.505. The lowest BCUT2D eigenvalue weighted by molar-refractivity contribution is -0.156. The van der Waals surface area contributed by atoms with Gasteiger partial charge in [-0.05, 0) is 27.7 Å². The van der Waals surface area contributed by atoms with Crippen molar-refractivity contribution in [1.82, 2.24) is 5.23 Å². The van der Waals surface area contributed by atoms with Gasteiger partial charge in [-0.25, -0.2) is 0 Å². The van der Waals surface area contributed by atoms with Crippen molar-refractivity contribution in [2.45, 2.75) is 39.3 Å². The van der Waals surface area contributed by atoms with Crippen LogP contribution in [0.3, 0.4) is 0 Å². The summed E-state index contributed by atoms with van der Waals surface area (Å²) < 4.78 is 5.09. The summed E-state index contributed by atoms with van der Waals surface area (Å²) in [4.78, 5) is 11.1. The molecule has 0 aliphatic heterocycles. The molecule has 0 heterocycles. The molecule has 1 N–H and O–H groups in total. The van der Waals surface area contributed by atoms with Crippen molar-refractivity contribution in [1.29, 1.82) is 0 Å². The molecule has 0 spiro atoms. The molecule has 0 amide bonds. The molecule has 0 bridgehead atoms. The van der Waals surface area contributed by atoms with Gasteiger partial charge in [-0.1, -0.05) is 0 Å². The van der Waals surface area contributed by atoms with E-state index in [9.17, 15) is 4.79 Å². The second kappa shape index (κ2) is 3.76. The highest BCUT2D eigenvalue weighted by molar-refractivity contribution is 6.06. The molecule has 3 nitrogen and oxygen atoms in total. The number of carbonyl (C=O) groups is 1. The second-order valence-electron chi connectivity index (χ2n) is 3.54. The van der Waals surface area contributed by atoms with Gasteiger partial charge in [-0.15, -0.1) is 0 Å². The number of hydrogen-bond donors (Lipinski definition) is 1. The minimum atomic E-state index is -0.387. The van der Waals surface area contributed by atoms with Crippen LogP contribution < -0.4 is 5.23 Å². The first-order chi connectivity index (χ1) is 4.87. The summed E-state index contributed by atoms with van der Waals surface area (Å²) in [7, 11) is 1.73. The molecular weight excluding hydrogens is 141 g/mol. The van der Waals surface area contributed by atoms with Crippen molar-refractivity contribution in [2.24, 2.45) is 0 Å². The monoisotopic (exact) mass is 157 g/mol. The average Bonchev–Trinajstić information content (AvgIpc) is 1.82. The molecule has 64 valence electrons. The van der Waals surface area contributed by atoms with Gasteiger partial charge in [0.1, 0.15) is 5.60 Å². The number of carbonyl (C=O) groups excluding carboxylic acids is 1. The van der Waals surface area contributed by atoms with Crippen LogP contribution in [-0.4, -0.2) is 25.6 Å². The number of ether oxygens (including phenoxy) is 1. The Labute approximate surface area is 68.9 Å². The number of rotatable bonds is 2. The summed E-state index contributed by atoms with van der Waals surface area (Å²) in [6, 6.07) is -0.228. The van der Waals surface area contributed by atoms with E-state index in [0.717, 1.165) is 0 Å². The lowest BCUT2D eigenvalue weighted by atomic mass is 10.2. The first-order valence-electron chi connectivity index (χ1n) is 3.77. The molecule has 0 aliphatic carbocycles. The standard InChI is InChI=1S/C7H16BNO2/c1-5(9-8)6(10)11-7(2,3)4/h5,9H,8H2,1-4H3. The molecule has 4 heteroatoms. The maximum atomic E-state index is 11.1. The summed E-state index contributed by atoms with van der Waals surface area (Å²) in [5.74, 6) is -0.208. The van der Waals surface area contributed by atoms with Gasteiger partial charge < -0.3 is 9.96 Å². The topological polar surface area (TPSA) is 38.3 Å². The van der Waals surface area contributed by atoms with Crippen LogP contribution in [0.15, 0.2) is 0 Å². The SMILES string of the molecule is BNC(C)C(=O)OC(C)(C)C. The van der Waals surface area contributed by atoms with Crippen LogP contribution in [-0.2, 0) is 9.53 Å². The molecule has 11 heavy (non-hydrogen) atoms. The Morgan fingerprint density at radius 2 is 2.00 bits per heavy atom. The van der Waals surface area contributed by atoms with Crippen LogP contribution in [0.2, 0.25) is 0 Å². The van der Waals surface area contributed by atoms with E-state index in [1.807, 2.05) is 20.8 Å². The molecule has 0 radical (unpaired) electrons. The number of nitrogens with one attached hydrogen (secondary N) is 1. The Morgan fingerprint density at radius 3 is 2.27 bits per heavy atom. The zero-order chi connectivity index (χ0) is 9.07. The highest BCUT2D eigenvalue weighted by atomic mass is 16.6. The fourth-order valence-corrected chi connectivity index (χ4v) is 0.508. The van der Waals surface area contributed by atoms with E-state index in [2.05, 4.69) is 5.23 Å². The van der Waals surface area contributed by atoms with Gasteiger partial charge in [0, 0.05) is 0 Å². The maximum Gasteiger partial charge on any atom is 0.322 e. The molecule has 0 aromatic heterocycles. The predicted octanol–water partition coefficient (Wildman–Crippen LogP) is -0.146. The molecule has 1 unspecified atom stereocenters. The first-order valence-corrected chi connectivity index (χ1v) is 3.77. The number of hydrogen-bond acceptors (Lipinski definition) is 3. The van der Waals surface area contributed by atoms with E-state index in [4.69, 9.17) is 4.74 Å². The normalized spacial score (nSPS) is 14.2. The highest BCUT2D eigenvalue weighted by Crippen LogP contribution is 2.07. The Morgan fingerprint density at radius 1 is 1.55 bits per heavy atom. The van der Waals surface area contributed by atoms with Crippen molar-refractivity contribution >= 4 is 14.0 Å². The maximum absolute atomic E-state index is 11.1. The molecule has 0 aromatic carbocycles. The van der Waals surface area contributed by atoms with E-state index in [1.54, 1.807) is 14.9 Å². The lowest BCUT2D eigenvalue weighted by Gasteiger charge is -2.21. The van der Waals surface area contributed by atoms with E-state index in [-0.39, 0.29) is 17.6 Å². The van der Waals surface area contributed by atoms with E-state index < -0.39 is 0 Å². The first kappa shape index (κ1) is 10.5. The Balaban J connectivity index is 3.88. The summed E-state index contributed by atoms with van der Waals surface area (Å²) in [6.07, 6.45) is 0. The average molecular weight is 157 g/mol. The largest absolute Gasteiger partial charge is 0.459 e. The lowest BCUT2D eigenvalue weighted by Crippen LogP contribution is -2.37. The fraction of sp³-hybridized carbons (Fsp3) is 0.857. The molecule has 0 aromatic rings.